The number of rotatable bonds is 4. The van der Waals surface area contributed by atoms with Crippen molar-refractivity contribution in [3.8, 4) is 22.6 Å². The van der Waals surface area contributed by atoms with Gasteiger partial charge in [-0.2, -0.15) is 0 Å². The minimum atomic E-state index is -0.0743. The van der Waals surface area contributed by atoms with Crippen molar-refractivity contribution in [1.82, 2.24) is 4.90 Å². The number of nitrogens with zero attached hydrogens (tertiary/aromatic N) is 1. The number of benzene rings is 2. The molecule has 0 spiro atoms. The first-order chi connectivity index (χ1) is 11.2. The Morgan fingerprint density at radius 3 is 2.61 bits per heavy atom. The SMILES string of the molecule is CN(Cc1cccc(-c2ccc3c(c2)OCCO3)c1)C(=O)CN. The third-order valence-electron chi connectivity index (χ3n) is 3.82. The summed E-state index contributed by atoms with van der Waals surface area (Å²) >= 11 is 0. The van der Waals surface area contributed by atoms with E-state index in [2.05, 4.69) is 6.07 Å². The number of carbonyl (C=O) groups excluding carboxylic acids is 1. The number of amides is 1. The zero-order valence-electron chi connectivity index (χ0n) is 13.1. The van der Waals surface area contributed by atoms with E-state index >= 15 is 0 Å². The van der Waals surface area contributed by atoms with Crippen LogP contribution < -0.4 is 15.2 Å². The molecular weight excluding hydrogens is 292 g/mol. The van der Waals surface area contributed by atoms with Crippen LogP contribution >= 0.6 is 0 Å². The van der Waals surface area contributed by atoms with E-state index in [-0.39, 0.29) is 12.5 Å². The summed E-state index contributed by atoms with van der Waals surface area (Å²) in [5.74, 6) is 1.48. The predicted octanol–water partition coefficient (Wildman–Crippen LogP) is 2.04. The van der Waals surface area contributed by atoms with Crippen molar-refractivity contribution < 1.29 is 14.3 Å². The van der Waals surface area contributed by atoms with Gasteiger partial charge in [0.2, 0.25) is 5.91 Å². The molecule has 2 aromatic carbocycles. The number of fused-ring (bicyclic) bond motifs is 1. The van der Waals surface area contributed by atoms with Crippen LogP contribution in [0.4, 0.5) is 0 Å². The first kappa shape index (κ1) is 15.4. The highest BCUT2D eigenvalue weighted by Gasteiger charge is 2.13. The number of hydrogen-bond donors (Lipinski definition) is 1. The minimum absolute atomic E-state index is 0.0261. The molecule has 0 unspecified atom stereocenters. The maximum atomic E-state index is 11.6. The third-order valence-corrected chi connectivity index (χ3v) is 3.82. The zero-order valence-corrected chi connectivity index (χ0v) is 13.1. The highest BCUT2D eigenvalue weighted by Crippen LogP contribution is 2.34. The van der Waals surface area contributed by atoms with Gasteiger partial charge in [0.25, 0.3) is 0 Å². The molecule has 23 heavy (non-hydrogen) atoms. The number of likely N-dealkylation sites (N-methyl/N-ethyl adjacent to an activating group) is 1. The molecule has 0 bridgehead atoms. The van der Waals surface area contributed by atoms with Crippen LogP contribution in [0, 0.1) is 0 Å². The van der Waals surface area contributed by atoms with Crippen LogP contribution in [-0.4, -0.2) is 37.6 Å². The van der Waals surface area contributed by atoms with E-state index in [9.17, 15) is 4.79 Å². The molecule has 2 N–H and O–H groups in total. The van der Waals surface area contributed by atoms with E-state index in [0.29, 0.717) is 19.8 Å². The highest BCUT2D eigenvalue weighted by molar-refractivity contribution is 5.77. The largest absolute Gasteiger partial charge is 0.486 e. The van der Waals surface area contributed by atoms with E-state index in [1.165, 1.54) is 0 Å². The van der Waals surface area contributed by atoms with Gasteiger partial charge in [0.1, 0.15) is 13.2 Å². The van der Waals surface area contributed by atoms with Crippen molar-refractivity contribution >= 4 is 5.91 Å². The summed E-state index contributed by atoms with van der Waals surface area (Å²) in [5, 5.41) is 0. The first-order valence-electron chi connectivity index (χ1n) is 7.60. The van der Waals surface area contributed by atoms with Crippen molar-refractivity contribution in [1.29, 1.82) is 0 Å². The van der Waals surface area contributed by atoms with Crippen molar-refractivity contribution in [3.63, 3.8) is 0 Å². The van der Waals surface area contributed by atoms with Gasteiger partial charge in [-0.25, -0.2) is 0 Å². The highest BCUT2D eigenvalue weighted by atomic mass is 16.6. The molecule has 1 aliphatic heterocycles. The molecular formula is C18H20N2O3. The van der Waals surface area contributed by atoms with Crippen LogP contribution in [-0.2, 0) is 11.3 Å². The second kappa shape index (κ2) is 6.71. The van der Waals surface area contributed by atoms with Crippen LogP contribution in [0.15, 0.2) is 42.5 Å². The second-order valence-electron chi connectivity index (χ2n) is 5.51. The van der Waals surface area contributed by atoms with Gasteiger partial charge < -0.3 is 20.1 Å². The van der Waals surface area contributed by atoms with Gasteiger partial charge in [-0.05, 0) is 34.9 Å². The third kappa shape index (κ3) is 3.46. The Morgan fingerprint density at radius 2 is 1.83 bits per heavy atom. The Hall–Kier alpha value is -2.53. The molecule has 120 valence electrons. The molecule has 2 aromatic rings. The second-order valence-corrected chi connectivity index (χ2v) is 5.51. The van der Waals surface area contributed by atoms with Gasteiger partial charge in [0.15, 0.2) is 11.5 Å². The lowest BCUT2D eigenvalue weighted by molar-refractivity contribution is -0.128. The Morgan fingerprint density at radius 1 is 1.09 bits per heavy atom. The number of hydrogen-bond acceptors (Lipinski definition) is 4. The summed E-state index contributed by atoms with van der Waals surface area (Å²) in [7, 11) is 1.76. The minimum Gasteiger partial charge on any atom is -0.486 e. The van der Waals surface area contributed by atoms with Gasteiger partial charge in [0.05, 0.1) is 6.54 Å². The van der Waals surface area contributed by atoms with Gasteiger partial charge in [-0.3, -0.25) is 4.79 Å². The molecule has 3 rings (SSSR count). The Kier molecular flexibility index (Phi) is 4.48. The number of nitrogens with two attached hydrogens (primary N) is 1. The molecule has 0 radical (unpaired) electrons. The summed E-state index contributed by atoms with van der Waals surface area (Å²) < 4.78 is 11.2. The fourth-order valence-corrected chi connectivity index (χ4v) is 2.59. The summed E-state index contributed by atoms with van der Waals surface area (Å²) in [6, 6.07) is 14.0. The standard InChI is InChI=1S/C18H20N2O3/c1-20(18(21)11-19)12-13-3-2-4-14(9-13)15-5-6-16-17(10-15)23-8-7-22-16/h2-6,9-10H,7-8,11-12,19H2,1H3. The van der Waals surface area contributed by atoms with Crippen LogP contribution in [0.2, 0.25) is 0 Å². The molecule has 0 aliphatic carbocycles. The predicted molar refractivity (Wildman–Crippen MR) is 88.4 cm³/mol. The van der Waals surface area contributed by atoms with Crippen molar-refractivity contribution in [2.45, 2.75) is 6.54 Å². The van der Waals surface area contributed by atoms with Crippen LogP contribution in [0.1, 0.15) is 5.56 Å². The summed E-state index contributed by atoms with van der Waals surface area (Å²) in [6.07, 6.45) is 0. The number of carbonyl (C=O) groups is 1. The zero-order chi connectivity index (χ0) is 16.2. The molecule has 5 nitrogen and oxygen atoms in total. The normalized spacial score (nSPS) is 12.8. The Labute approximate surface area is 135 Å². The van der Waals surface area contributed by atoms with E-state index in [1.54, 1.807) is 11.9 Å². The molecule has 0 saturated carbocycles. The van der Waals surface area contributed by atoms with Gasteiger partial charge in [0, 0.05) is 13.6 Å². The van der Waals surface area contributed by atoms with Crippen LogP contribution in [0.5, 0.6) is 11.5 Å². The molecule has 1 aliphatic rings. The Bertz CT molecular complexity index is 715. The smallest absolute Gasteiger partial charge is 0.236 e. The average Bonchev–Trinajstić information content (AvgIpc) is 2.60. The molecule has 1 amide bonds. The Balaban J connectivity index is 1.83. The molecule has 0 atom stereocenters. The van der Waals surface area contributed by atoms with E-state index < -0.39 is 0 Å². The lowest BCUT2D eigenvalue weighted by atomic mass is 10.0. The lowest BCUT2D eigenvalue weighted by Crippen LogP contribution is -2.32. The topological polar surface area (TPSA) is 64.8 Å². The van der Waals surface area contributed by atoms with Gasteiger partial charge in [-0.1, -0.05) is 24.3 Å². The number of ether oxygens (including phenoxy) is 2. The lowest BCUT2D eigenvalue weighted by Gasteiger charge is -2.19. The van der Waals surface area contributed by atoms with Gasteiger partial charge >= 0.3 is 0 Å². The van der Waals surface area contributed by atoms with E-state index in [1.807, 2.05) is 36.4 Å². The quantitative estimate of drug-likeness (QED) is 0.938. The average molecular weight is 312 g/mol. The van der Waals surface area contributed by atoms with E-state index in [0.717, 1.165) is 28.2 Å². The van der Waals surface area contributed by atoms with Crippen LogP contribution in [0.25, 0.3) is 11.1 Å². The molecule has 0 saturated heterocycles. The first-order valence-corrected chi connectivity index (χ1v) is 7.60. The van der Waals surface area contributed by atoms with Crippen molar-refractivity contribution in [3.05, 3.63) is 48.0 Å². The van der Waals surface area contributed by atoms with Crippen molar-refractivity contribution in [2.75, 3.05) is 26.8 Å². The fourth-order valence-electron chi connectivity index (χ4n) is 2.59. The summed E-state index contributed by atoms with van der Waals surface area (Å²) in [5.41, 5.74) is 8.59. The molecule has 0 aromatic heterocycles. The summed E-state index contributed by atoms with van der Waals surface area (Å²) in [6.45, 7) is 1.72. The van der Waals surface area contributed by atoms with Crippen LogP contribution in [0.3, 0.4) is 0 Å². The molecule has 1 heterocycles. The molecule has 0 fully saturated rings. The summed E-state index contributed by atoms with van der Waals surface area (Å²) in [4.78, 5) is 13.2. The maximum Gasteiger partial charge on any atom is 0.236 e. The monoisotopic (exact) mass is 312 g/mol. The van der Waals surface area contributed by atoms with E-state index in [4.69, 9.17) is 15.2 Å². The van der Waals surface area contributed by atoms with Gasteiger partial charge in [-0.15, -0.1) is 0 Å². The maximum absolute atomic E-state index is 11.6. The van der Waals surface area contributed by atoms with Crippen molar-refractivity contribution in [2.24, 2.45) is 5.73 Å². The molecule has 5 heteroatoms. The fraction of sp³-hybridized carbons (Fsp3) is 0.278.